The van der Waals surface area contributed by atoms with Crippen LogP contribution in [0.2, 0.25) is 0 Å². The third-order valence-electron chi connectivity index (χ3n) is 3.44. The summed E-state index contributed by atoms with van der Waals surface area (Å²) >= 11 is 0. The highest BCUT2D eigenvalue weighted by Crippen LogP contribution is 2.28. The Morgan fingerprint density at radius 2 is 2.06 bits per heavy atom. The van der Waals surface area contributed by atoms with E-state index >= 15 is 0 Å². The van der Waals surface area contributed by atoms with Crippen molar-refractivity contribution in [1.82, 2.24) is 4.98 Å². The van der Waals surface area contributed by atoms with Gasteiger partial charge in [0.25, 0.3) is 0 Å². The molecule has 1 aromatic carbocycles. The number of H-pyrrole nitrogens is 1. The van der Waals surface area contributed by atoms with Crippen molar-refractivity contribution in [2.45, 2.75) is 40.0 Å². The Morgan fingerprint density at radius 3 is 2.61 bits per heavy atom. The Morgan fingerprint density at radius 1 is 1.33 bits per heavy atom. The molecule has 2 N–H and O–H groups in total. The van der Waals surface area contributed by atoms with E-state index in [1.165, 1.54) is 5.56 Å². The number of carboxylic acid groups (broad SMARTS) is 1. The average molecular weight is 245 g/mol. The minimum atomic E-state index is -0.854. The molecule has 0 bridgehead atoms. The summed E-state index contributed by atoms with van der Waals surface area (Å²) in [5.74, 6) is -0.854. The zero-order valence-corrected chi connectivity index (χ0v) is 11.1. The minimum absolute atomic E-state index is 0.385. The highest BCUT2D eigenvalue weighted by atomic mass is 16.4. The van der Waals surface area contributed by atoms with Crippen molar-refractivity contribution in [2.24, 2.45) is 0 Å². The highest BCUT2D eigenvalue weighted by Gasteiger charge is 2.14. The monoisotopic (exact) mass is 245 g/mol. The summed E-state index contributed by atoms with van der Waals surface area (Å²) in [4.78, 5) is 14.6. The molecule has 2 rings (SSSR count). The van der Waals surface area contributed by atoms with Gasteiger partial charge in [-0.15, -0.1) is 0 Å². The molecule has 0 atom stereocenters. The first-order chi connectivity index (χ1) is 8.58. The predicted octanol–water partition coefficient (Wildman–Crippen LogP) is 3.69. The number of hydrogen-bond donors (Lipinski definition) is 2. The number of aromatic amines is 1. The molecule has 96 valence electrons. The van der Waals surface area contributed by atoms with Crippen molar-refractivity contribution in [3.8, 4) is 0 Å². The van der Waals surface area contributed by atoms with E-state index in [4.69, 9.17) is 0 Å². The zero-order chi connectivity index (χ0) is 13.3. The molecule has 0 amide bonds. The maximum absolute atomic E-state index is 11.2. The fourth-order valence-electron chi connectivity index (χ4n) is 2.53. The molecule has 3 nitrogen and oxygen atoms in total. The van der Waals surface area contributed by atoms with Crippen LogP contribution in [0.4, 0.5) is 0 Å². The van der Waals surface area contributed by atoms with Gasteiger partial charge < -0.3 is 10.1 Å². The van der Waals surface area contributed by atoms with Crippen LogP contribution in [0.25, 0.3) is 10.9 Å². The van der Waals surface area contributed by atoms with Crippen molar-refractivity contribution in [3.63, 3.8) is 0 Å². The molecule has 3 heteroatoms. The lowest BCUT2D eigenvalue weighted by molar-refractivity contribution is 0.0697. The molecule has 0 unspecified atom stereocenters. The van der Waals surface area contributed by atoms with E-state index in [0.29, 0.717) is 5.56 Å². The number of aromatic nitrogens is 1. The smallest absolute Gasteiger partial charge is 0.335 e. The second-order valence-electron chi connectivity index (χ2n) is 4.70. The normalized spacial score (nSPS) is 11.1. The first-order valence-electron chi connectivity index (χ1n) is 6.45. The van der Waals surface area contributed by atoms with Crippen molar-refractivity contribution >= 4 is 16.9 Å². The van der Waals surface area contributed by atoms with E-state index in [-0.39, 0.29) is 0 Å². The molecule has 0 aliphatic heterocycles. The van der Waals surface area contributed by atoms with E-state index in [9.17, 15) is 9.90 Å². The molecule has 0 spiro atoms. The molecule has 18 heavy (non-hydrogen) atoms. The van der Waals surface area contributed by atoms with E-state index < -0.39 is 5.97 Å². The van der Waals surface area contributed by atoms with Gasteiger partial charge in [-0.25, -0.2) is 4.79 Å². The Hall–Kier alpha value is -1.77. The summed E-state index contributed by atoms with van der Waals surface area (Å²) in [7, 11) is 0. The number of rotatable bonds is 4. The number of benzene rings is 1. The summed E-state index contributed by atoms with van der Waals surface area (Å²) < 4.78 is 0. The fraction of sp³-hybridized carbons (Fsp3) is 0.400. The van der Waals surface area contributed by atoms with Crippen molar-refractivity contribution in [3.05, 3.63) is 34.5 Å². The molecule has 1 heterocycles. The third-order valence-corrected chi connectivity index (χ3v) is 3.44. The van der Waals surface area contributed by atoms with E-state index in [0.717, 1.165) is 41.4 Å². The summed E-state index contributed by atoms with van der Waals surface area (Å²) in [6, 6.07) is 3.57. The van der Waals surface area contributed by atoms with Gasteiger partial charge in [0.2, 0.25) is 0 Å². The van der Waals surface area contributed by atoms with Gasteiger partial charge in [0.05, 0.1) is 5.56 Å². The van der Waals surface area contributed by atoms with Crippen LogP contribution >= 0.6 is 0 Å². The summed E-state index contributed by atoms with van der Waals surface area (Å²) in [5, 5.41) is 10.3. The van der Waals surface area contributed by atoms with Crippen LogP contribution in [0.1, 0.15) is 47.4 Å². The number of aromatic carboxylic acids is 1. The lowest BCUT2D eigenvalue weighted by Gasteiger charge is -2.04. The number of hydrogen-bond acceptors (Lipinski definition) is 1. The maximum atomic E-state index is 11.2. The van der Waals surface area contributed by atoms with Crippen molar-refractivity contribution < 1.29 is 9.90 Å². The van der Waals surface area contributed by atoms with Crippen LogP contribution in [-0.4, -0.2) is 16.1 Å². The molecule has 0 aliphatic rings. The Labute approximate surface area is 107 Å². The number of aryl methyl sites for hydroxylation is 3. The second kappa shape index (κ2) is 4.84. The minimum Gasteiger partial charge on any atom is -0.478 e. The molecule has 1 aromatic heterocycles. The Balaban J connectivity index is 2.76. The lowest BCUT2D eigenvalue weighted by Crippen LogP contribution is -1.98. The Kier molecular flexibility index (Phi) is 3.41. The Bertz CT molecular complexity index is 596. The van der Waals surface area contributed by atoms with Gasteiger partial charge in [-0.1, -0.05) is 20.3 Å². The third kappa shape index (κ3) is 2.01. The number of carboxylic acids is 1. The molecular weight excluding hydrogens is 226 g/mol. The molecule has 0 saturated heterocycles. The van der Waals surface area contributed by atoms with Crippen LogP contribution in [0, 0.1) is 6.92 Å². The van der Waals surface area contributed by atoms with Crippen LogP contribution < -0.4 is 0 Å². The number of fused-ring (bicyclic) bond motifs is 1. The van der Waals surface area contributed by atoms with Crippen molar-refractivity contribution in [1.29, 1.82) is 0 Å². The van der Waals surface area contributed by atoms with Gasteiger partial charge in [-0.2, -0.15) is 0 Å². The first-order valence-corrected chi connectivity index (χ1v) is 6.45. The summed E-state index contributed by atoms with van der Waals surface area (Å²) in [5.41, 5.74) is 4.98. The SMILES string of the molecule is CCCc1c(C)[nH]c2c(CC)cc(C(=O)O)cc12. The fourth-order valence-corrected chi connectivity index (χ4v) is 2.53. The largest absolute Gasteiger partial charge is 0.478 e. The molecule has 2 aromatic rings. The maximum Gasteiger partial charge on any atom is 0.335 e. The van der Waals surface area contributed by atoms with Gasteiger partial charge in [0.15, 0.2) is 0 Å². The predicted molar refractivity (Wildman–Crippen MR) is 73.4 cm³/mol. The molecule has 0 fully saturated rings. The standard InChI is InChI=1S/C15H19NO2/c1-4-6-12-9(3)16-14-10(5-2)7-11(15(17)18)8-13(12)14/h7-8,16H,4-6H2,1-3H3,(H,17,18). The molecule has 0 radical (unpaired) electrons. The van der Waals surface area contributed by atoms with Crippen molar-refractivity contribution in [2.75, 3.05) is 0 Å². The first kappa shape index (κ1) is 12.7. The van der Waals surface area contributed by atoms with Gasteiger partial charge >= 0.3 is 5.97 Å². The topological polar surface area (TPSA) is 53.1 Å². The number of nitrogens with one attached hydrogen (secondary N) is 1. The molecular formula is C15H19NO2. The van der Waals surface area contributed by atoms with Gasteiger partial charge in [0.1, 0.15) is 0 Å². The summed E-state index contributed by atoms with van der Waals surface area (Å²) in [6.07, 6.45) is 2.88. The van der Waals surface area contributed by atoms with E-state index in [1.807, 2.05) is 0 Å². The van der Waals surface area contributed by atoms with Crippen LogP contribution in [-0.2, 0) is 12.8 Å². The second-order valence-corrected chi connectivity index (χ2v) is 4.70. The van der Waals surface area contributed by atoms with Crippen LogP contribution in [0.3, 0.4) is 0 Å². The molecule has 0 saturated carbocycles. The number of carbonyl (C=O) groups is 1. The molecule has 0 aliphatic carbocycles. The summed E-state index contributed by atoms with van der Waals surface area (Å²) in [6.45, 7) is 6.25. The van der Waals surface area contributed by atoms with E-state index in [1.54, 1.807) is 12.1 Å². The van der Waals surface area contributed by atoms with Gasteiger partial charge in [-0.05, 0) is 43.0 Å². The quantitative estimate of drug-likeness (QED) is 0.863. The van der Waals surface area contributed by atoms with E-state index in [2.05, 4.69) is 25.8 Å². The van der Waals surface area contributed by atoms with Gasteiger partial charge in [-0.3, -0.25) is 0 Å². The average Bonchev–Trinajstić information content (AvgIpc) is 2.65. The highest BCUT2D eigenvalue weighted by molar-refractivity contribution is 5.96. The van der Waals surface area contributed by atoms with Crippen LogP contribution in [0.15, 0.2) is 12.1 Å². The van der Waals surface area contributed by atoms with Crippen LogP contribution in [0.5, 0.6) is 0 Å². The lowest BCUT2D eigenvalue weighted by atomic mass is 10.00. The van der Waals surface area contributed by atoms with Gasteiger partial charge in [0, 0.05) is 16.6 Å². The zero-order valence-electron chi connectivity index (χ0n) is 11.1.